The Bertz CT molecular complexity index is 467. The van der Waals surface area contributed by atoms with Gasteiger partial charge in [-0.05, 0) is 0 Å². The Morgan fingerprint density at radius 3 is 1.41 bits per heavy atom. The number of benzene rings is 1. The Hall–Kier alpha value is -1.84. The van der Waals surface area contributed by atoms with E-state index in [9.17, 15) is 35.4 Å². The molecule has 85 valence electrons. The summed E-state index contributed by atoms with van der Waals surface area (Å²) in [6.45, 7) is 0. The zero-order valence-electron chi connectivity index (χ0n) is 8.06. The van der Waals surface area contributed by atoms with Crippen LogP contribution in [0.3, 0.4) is 0 Å². The zero-order chi connectivity index (χ0) is 12.5. The monoisotopic (exact) mass is 430 g/mol. The van der Waals surface area contributed by atoms with Gasteiger partial charge in [0.05, 0.1) is 32.7 Å². The van der Waals surface area contributed by atoms with E-state index in [1.54, 1.807) is 0 Å². The fourth-order valence-electron chi connectivity index (χ4n) is 0.961. The fourth-order valence-corrected chi connectivity index (χ4v) is 0.961. The molecule has 1 aromatic rings. The number of non-ortho nitro benzene ring substituents is 1. The Morgan fingerprint density at radius 1 is 0.824 bits per heavy atom. The first-order chi connectivity index (χ1) is 7.34. The Balaban J connectivity index is 0.00000256. The van der Waals surface area contributed by atoms with Crippen LogP contribution in [0, 0.1) is 30.3 Å². The molecule has 1 radical (unpaired) electrons. The molecule has 11 heteroatoms. The van der Waals surface area contributed by atoms with Crippen molar-refractivity contribution < 1.29 is 47.5 Å². The molecule has 0 aliphatic carbocycles. The summed E-state index contributed by atoms with van der Waals surface area (Å²) in [5.41, 5.74) is -3.26. The minimum atomic E-state index is -1.46. The van der Waals surface area contributed by atoms with Crippen molar-refractivity contribution >= 4 is 17.1 Å². The summed E-state index contributed by atoms with van der Waals surface area (Å²) in [4.78, 5) is 27.5. The molecule has 1 aromatic carbocycles. The second-order valence-corrected chi connectivity index (χ2v) is 2.58. The molecule has 1 rings (SSSR count). The molecule has 0 N–H and O–H groups in total. The van der Waals surface area contributed by atoms with E-state index >= 15 is 0 Å². The average Bonchev–Trinajstić information content (AvgIpc) is 2.16. The third-order valence-corrected chi connectivity index (χ3v) is 1.64. The van der Waals surface area contributed by atoms with Crippen LogP contribution in [0.15, 0.2) is 12.1 Å². The standard InChI is InChI=1S/C6H3N3O7.Hg/c10-6-4(8(13)14)1-3(7(11)12)2-5(6)9(15)16;/h1-2,10H;/q;+1/p-1. The summed E-state index contributed by atoms with van der Waals surface area (Å²) in [5, 5.41) is 42.1. The van der Waals surface area contributed by atoms with Gasteiger partial charge < -0.3 is 5.11 Å². The fraction of sp³-hybridized carbons (Fsp3) is 0. The van der Waals surface area contributed by atoms with Crippen molar-refractivity contribution in [1.82, 2.24) is 0 Å². The summed E-state index contributed by atoms with van der Waals surface area (Å²) >= 11 is 0. The van der Waals surface area contributed by atoms with E-state index in [1.165, 1.54) is 0 Å². The number of hydrogen-bond donors (Lipinski definition) is 0. The first-order valence-corrected chi connectivity index (χ1v) is 3.63. The number of nitro groups is 3. The summed E-state index contributed by atoms with van der Waals surface area (Å²) in [5.74, 6) is -1.46. The average molecular weight is 429 g/mol. The number of rotatable bonds is 3. The van der Waals surface area contributed by atoms with Crippen LogP contribution in [0.25, 0.3) is 0 Å². The summed E-state index contributed by atoms with van der Waals surface area (Å²) in [6, 6.07) is 0.769. The second-order valence-electron chi connectivity index (χ2n) is 2.58. The molecule has 17 heavy (non-hydrogen) atoms. The van der Waals surface area contributed by atoms with E-state index in [0.29, 0.717) is 12.1 Å². The summed E-state index contributed by atoms with van der Waals surface area (Å²) < 4.78 is 0. The molecule has 0 fully saturated rings. The predicted molar refractivity (Wildman–Crippen MR) is 45.9 cm³/mol. The molecule has 0 spiro atoms. The van der Waals surface area contributed by atoms with Gasteiger partial charge in [0.25, 0.3) is 17.1 Å². The van der Waals surface area contributed by atoms with E-state index in [0.717, 1.165) is 0 Å². The minimum absolute atomic E-state index is 0. The number of nitrogens with zero attached hydrogens (tertiary/aromatic N) is 3. The van der Waals surface area contributed by atoms with Crippen LogP contribution in [0.4, 0.5) is 17.1 Å². The molecule has 0 unspecified atom stereocenters. The maximum Gasteiger partial charge on any atom is 1.00 e. The molecule has 0 saturated carbocycles. The van der Waals surface area contributed by atoms with Gasteiger partial charge in [-0.3, -0.25) is 30.3 Å². The first-order valence-electron chi connectivity index (χ1n) is 3.63. The van der Waals surface area contributed by atoms with Gasteiger partial charge >= 0.3 is 27.7 Å². The van der Waals surface area contributed by atoms with E-state index in [1.807, 2.05) is 0 Å². The van der Waals surface area contributed by atoms with Gasteiger partial charge in [0, 0.05) is 0 Å². The Labute approximate surface area is 113 Å². The topological polar surface area (TPSA) is 152 Å². The molecule has 0 aliphatic heterocycles. The van der Waals surface area contributed by atoms with Gasteiger partial charge in [-0.1, -0.05) is 0 Å². The van der Waals surface area contributed by atoms with E-state index in [-0.39, 0.29) is 27.7 Å². The smallest absolute Gasteiger partial charge is 0.863 e. The quantitative estimate of drug-likeness (QED) is 0.385. The van der Waals surface area contributed by atoms with Crippen molar-refractivity contribution in [2.24, 2.45) is 0 Å². The van der Waals surface area contributed by atoms with Crippen LogP contribution >= 0.6 is 0 Å². The van der Waals surface area contributed by atoms with Gasteiger partial charge in [-0.15, -0.1) is 0 Å². The summed E-state index contributed by atoms with van der Waals surface area (Å²) in [7, 11) is 0. The van der Waals surface area contributed by atoms with E-state index in [2.05, 4.69) is 0 Å². The molecular weight excluding hydrogens is 427 g/mol. The second kappa shape index (κ2) is 5.47. The molecule has 0 bridgehead atoms. The molecule has 0 atom stereocenters. The van der Waals surface area contributed by atoms with Crippen LogP contribution < -0.4 is 5.11 Å². The normalized spacial score (nSPS) is 9.18. The first kappa shape index (κ1) is 15.2. The molecule has 0 aromatic heterocycles. The van der Waals surface area contributed by atoms with Crippen LogP contribution in [-0.2, 0) is 27.7 Å². The maximum absolute atomic E-state index is 11.1. The largest absolute Gasteiger partial charge is 1.00 e. The van der Waals surface area contributed by atoms with E-state index in [4.69, 9.17) is 0 Å². The third kappa shape index (κ3) is 3.06. The van der Waals surface area contributed by atoms with Crippen molar-refractivity contribution in [3.63, 3.8) is 0 Å². The van der Waals surface area contributed by atoms with Crippen LogP contribution in [0.2, 0.25) is 0 Å². The van der Waals surface area contributed by atoms with Crippen LogP contribution in [0.5, 0.6) is 5.75 Å². The van der Waals surface area contributed by atoms with Crippen molar-refractivity contribution in [2.45, 2.75) is 0 Å². The summed E-state index contributed by atoms with van der Waals surface area (Å²) in [6.07, 6.45) is 0. The van der Waals surface area contributed by atoms with Gasteiger partial charge in [0.1, 0.15) is 0 Å². The van der Waals surface area contributed by atoms with Gasteiger partial charge in [-0.2, -0.15) is 0 Å². The third-order valence-electron chi connectivity index (χ3n) is 1.64. The minimum Gasteiger partial charge on any atom is -0.863 e. The van der Waals surface area contributed by atoms with Crippen molar-refractivity contribution in [2.75, 3.05) is 0 Å². The number of nitro benzene ring substituents is 3. The SMILES string of the molecule is O=[N+]([O-])c1cc([N+](=O)[O-])c([O-])c([N+](=O)[O-])c1.[Hg+]. The van der Waals surface area contributed by atoms with Crippen molar-refractivity contribution in [3.05, 3.63) is 42.5 Å². The zero-order valence-corrected chi connectivity index (χ0v) is 13.6. The molecule has 10 nitrogen and oxygen atoms in total. The van der Waals surface area contributed by atoms with Gasteiger partial charge in [-0.25, -0.2) is 0 Å². The molecule has 0 amide bonds. The van der Waals surface area contributed by atoms with Crippen molar-refractivity contribution in [1.29, 1.82) is 0 Å². The van der Waals surface area contributed by atoms with Crippen LogP contribution in [0.1, 0.15) is 0 Å². The Kier molecular flexibility index (Phi) is 4.88. The van der Waals surface area contributed by atoms with Gasteiger partial charge in [0.15, 0.2) is 0 Å². The van der Waals surface area contributed by atoms with Crippen LogP contribution in [-0.4, -0.2) is 14.8 Å². The molecule has 0 heterocycles. The van der Waals surface area contributed by atoms with Crippen molar-refractivity contribution in [3.8, 4) is 5.75 Å². The number of hydrogen-bond acceptors (Lipinski definition) is 7. The molecular formula is C6H2HgN3O7. The van der Waals surface area contributed by atoms with Gasteiger partial charge in [0.2, 0.25) is 0 Å². The Morgan fingerprint density at radius 2 is 1.18 bits per heavy atom. The van der Waals surface area contributed by atoms with E-state index < -0.39 is 37.6 Å². The molecule has 0 saturated heterocycles. The molecule has 0 aliphatic rings. The maximum atomic E-state index is 11.1. The predicted octanol–water partition coefficient (Wildman–Crippen LogP) is 0.482.